The summed E-state index contributed by atoms with van der Waals surface area (Å²) in [5.41, 5.74) is 5.08. The average Bonchev–Trinajstić information content (AvgIpc) is 3.74. The van der Waals surface area contributed by atoms with Crippen LogP contribution in [0.4, 0.5) is 4.39 Å². The molecule has 0 aliphatic rings. The molecule has 0 radical (unpaired) electrons. The highest BCUT2D eigenvalue weighted by atomic mass is 32.1. The normalized spacial score (nSPS) is 12.4. The molecule has 6 aromatic rings. The molecule has 0 fully saturated rings. The molecule has 0 N–H and O–H groups in total. The van der Waals surface area contributed by atoms with E-state index in [1.54, 1.807) is 28.7 Å². The van der Waals surface area contributed by atoms with Crippen LogP contribution < -0.4 is 0 Å². The van der Waals surface area contributed by atoms with Crippen LogP contribution in [0.25, 0.3) is 16.0 Å². The molecule has 6 rings (SSSR count). The van der Waals surface area contributed by atoms with Crippen LogP contribution in [0.5, 0.6) is 0 Å². The minimum atomic E-state index is -0.278. The first-order chi connectivity index (χ1) is 18.6. The predicted octanol–water partition coefficient (Wildman–Crippen LogP) is 6.58. The van der Waals surface area contributed by atoms with Crippen molar-refractivity contribution in [3.05, 3.63) is 119 Å². The largest absolute Gasteiger partial charge is 0.296 e. The molecule has 5 aromatic heterocycles. The summed E-state index contributed by atoms with van der Waals surface area (Å²) >= 11 is 3.23. The van der Waals surface area contributed by atoms with Gasteiger partial charge in [-0.25, -0.2) is 19.0 Å². The smallest absolute Gasteiger partial charge is 0.193 e. The summed E-state index contributed by atoms with van der Waals surface area (Å²) in [6, 6.07) is 15.0. The summed E-state index contributed by atoms with van der Waals surface area (Å²) in [6.45, 7) is 5.63. The van der Waals surface area contributed by atoms with Crippen molar-refractivity contribution in [1.29, 1.82) is 0 Å². The molecule has 0 spiro atoms. The maximum atomic E-state index is 13.9. The highest BCUT2D eigenvalue weighted by Gasteiger charge is 2.24. The van der Waals surface area contributed by atoms with E-state index >= 15 is 0 Å². The van der Waals surface area contributed by atoms with Gasteiger partial charge in [-0.2, -0.15) is 5.10 Å². The first-order valence-corrected chi connectivity index (χ1v) is 14.0. The number of hydrogen-bond donors (Lipinski definition) is 0. The van der Waals surface area contributed by atoms with Gasteiger partial charge in [-0.05, 0) is 56.3 Å². The van der Waals surface area contributed by atoms with E-state index in [9.17, 15) is 4.39 Å². The van der Waals surface area contributed by atoms with Crippen molar-refractivity contribution in [3.8, 4) is 16.0 Å². The van der Waals surface area contributed by atoms with Crippen molar-refractivity contribution in [3.63, 3.8) is 0 Å². The maximum absolute atomic E-state index is 13.9. The van der Waals surface area contributed by atoms with Gasteiger partial charge in [0.15, 0.2) is 10.3 Å². The lowest BCUT2D eigenvalue weighted by molar-refractivity contribution is 0.185. The van der Waals surface area contributed by atoms with Gasteiger partial charge in [0, 0.05) is 77.3 Å². The number of halogens is 1. The summed E-state index contributed by atoms with van der Waals surface area (Å²) in [5.74, 6) is -0.278. The Morgan fingerprint density at radius 1 is 0.895 bits per heavy atom. The molecule has 1 aromatic carbocycles. The first kappa shape index (κ1) is 24.5. The van der Waals surface area contributed by atoms with E-state index in [4.69, 9.17) is 0 Å². The zero-order chi connectivity index (χ0) is 26.1. The van der Waals surface area contributed by atoms with E-state index in [0.29, 0.717) is 18.8 Å². The highest BCUT2D eigenvalue weighted by molar-refractivity contribution is 7.12. The van der Waals surface area contributed by atoms with E-state index in [0.717, 1.165) is 32.9 Å². The summed E-state index contributed by atoms with van der Waals surface area (Å²) in [6.07, 6.45) is 9.67. The summed E-state index contributed by atoms with van der Waals surface area (Å²) < 4.78 is 20.0. The fourth-order valence-electron chi connectivity index (χ4n) is 4.78. The van der Waals surface area contributed by atoms with Crippen molar-refractivity contribution in [2.75, 3.05) is 0 Å². The third kappa shape index (κ3) is 4.73. The second-order valence-corrected chi connectivity index (χ2v) is 10.8. The zero-order valence-corrected chi connectivity index (χ0v) is 22.6. The van der Waals surface area contributed by atoms with Crippen molar-refractivity contribution >= 4 is 22.7 Å². The van der Waals surface area contributed by atoms with Gasteiger partial charge in [-0.3, -0.25) is 14.0 Å². The number of aromatic nitrogens is 6. The van der Waals surface area contributed by atoms with E-state index in [1.807, 2.05) is 47.0 Å². The summed E-state index contributed by atoms with van der Waals surface area (Å²) in [4.78, 5) is 11.5. The van der Waals surface area contributed by atoms with Gasteiger partial charge in [0.1, 0.15) is 5.82 Å². The van der Waals surface area contributed by atoms with Gasteiger partial charge in [0.25, 0.3) is 0 Å². The lowest BCUT2D eigenvalue weighted by Gasteiger charge is -2.30. The molecule has 192 valence electrons. The Kier molecular flexibility index (Phi) is 6.75. The second kappa shape index (κ2) is 10.5. The summed E-state index contributed by atoms with van der Waals surface area (Å²) in [5, 5.41) is 10.5. The van der Waals surface area contributed by atoms with Gasteiger partial charge in [-0.15, -0.1) is 22.7 Å². The number of thiazole rings is 2. The van der Waals surface area contributed by atoms with Crippen molar-refractivity contribution in [1.82, 2.24) is 33.8 Å². The number of nitrogens with zero attached hydrogens (tertiary/aromatic N) is 7. The maximum Gasteiger partial charge on any atom is 0.193 e. The molecule has 0 unspecified atom stereocenters. The van der Waals surface area contributed by atoms with Crippen molar-refractivity contribution in [2.24, 2.45) is 0 Å². The lowest BCUT2D eigenvalue weighted by Crippen LogP contribution is -2.28. The minimum Gasteiger partial charge on any atom is -0.296 e. The molecule has 0 saturated heterocycles. The Morgan fingerprint density at radius 3 is 2.08 bits per heavy atom. The van der Waals surface area contributed by atoms with Gasteiger partial charge in [0.2, 0.25) is 0 Å². The zero-order valence-electron chi connectivity index (χ0n) is 21.0. The van der Waals surface area contributed by atoms with E-state index in [-0.39, 0.29) is 11.9 Å². The molecule has 0 aliphatic heterocycles. The number of hydrogen-bond acceptors (Lipinski definition) is 6. The van der Waals surface area contributed by atoms with Gasteiger partial charge in [-0.1, -0.05) is 6.07 Å². The second-order valence-electron chi connectivity index (χ2n) is 9.03. The highest BCUT2D eigenvalue weighted by Crippen LogP contribution is 2.30. The van der Waals surface area contributed by atoms with Crippen LogP contribution in [0.2, 0.25) is 0 Å². The summed E-state index contributed by atoms with van der Waals surface area (Å²) in [7, 11) is 0. The minimum absolute atomic E-state index is 0.0246. The van der Waals surface area contributed by atoms with E-state index in [2.05, 4.69) is 72.7 Å². The first-order valence-electron chi connectivity index (χ1n) is 12.2. The Labute approximate surface area is 228 Å². The average molecular weight is 544 g/mol. The molecular weight excluding hydrogens is 517 g/mol. The lowest BCUT2D eigenvalue weighted by atomic mass is 10.1. The predicted molar refractivity (Wildman–Crippen MR) is 149 cm³/mol. The van der Waals surface area contributed by atoms with Crippen LogP contribution in [0, 0.1) is 12.7 Å². The quantitative estimate of drug-likeness (QED) is 0.207. The fraction of sp³-hybridized carbons (Fsp3) is 0.179. The van der Waals surface area contributed by atoms with Gasteiger partial charge >= 0.3 is 0 Å². The van der Waals surface area contributed by atoms with Crippen LogP contribution >= 0.6 is 22.7 Å². The van der Waals surface area contributed by atoms with E-state index in [1.165, 1.54) is 12.1 Å². The molecular formula is C28H26FN7S2. The third-order valence-corrected chi connectivity index (χ3v) is 8.29. The van der Waals surface area contributed by atoms with Gasteiger partial charge < -0.3 is 0 Å². The van der Waals surface area contributed by atoms with E-state index < -0.39 is 0 Å². The standard InChI is InChI=1S/C28H26FN7S2/c1-20(26-17-32-36(21(26)2)23-7-3-6-22(29)16-23)33(18-24-8-4-12-34(24)27-30-10-14-37-27)19-25-9-5-13-35(25)28-31-11-15-38-28/h3-17,20H,18-19H2,1-2H3/t20-/m1/s1. The van der Waals surface area contributed by atoms with Gasteiger partial charge in [0.05, 0.1) is 11.9 Å². The molecule has 5 heterocycles. The Balaban J connectivity index is 1.36. The molecule has 1 atom stereocenters. The van der Waals surface area contributed by atoms with Crippen molar-refractivity contribution < 1.29 is 4.39 Å². The molecule has 0 saturated carbocycles. The molecule has 38 heavy (non-hydrogen) atoms. The monoisotopic (exact) mass is 543 g/mol. The van der Waals surface area contributed by atoms with Crippen LogP contribution in [0.1, 0.15) is 35.6 Å². The SMILES string of the molecule is Cc1c([C@@H](C)N(Cc2cccn2-c2nccs2)Cc2cccn2-c2nccs2)cnn1-c1cccc(F)c1. The molecule has 7 nitrogen and oxygen atoms in total. The molecule has 0 aliphatic carbocycles. The molecule has 0 bridgehead atoms. The van der Waals surface area contributed by atoms with Crippen LogP contribution in [0.15, 0.2) is 90.3 Å². The third-order valence-electron chi connectivity index (χ3n) is 6.75. The van der Waals surface area contributed by atoms with Crippen molar-refractivity contribution in [2.45, 2.75) is 33.0 Å². The molecule has 10 heteroatoms. The number of rotatable bonds is 9. The Hall–Kier alpha value is -3.86. The Bertz CT molecular complexity index is 1550. The molecule has 0 amide bonds. The Morgan fingerprint density at radius 2 is 1.53 bits per heavy atom. The number of benzene rings is 1. The van der Waals surface area contributed by atoms with Crippen LogP contribution in [-0.2, 0) is 13.1 Å². The topological polar surface area (TPSA) is 56.7 Å². The van der Waals surface area contributed by atoms with Crippen LogP contribution in [0.3, 0.4) is 0 Å². The van der Waals surface area contributed by atoms with Crippen LogP contribution in [-0.4, -0.2) is 33.8 Å². The fourth-order valence-corrected chi connectivity index (χ4v) is 6.09.